The van der Waals surface area contributed by atoms with Crippen LogP contribution in [-0.4, -0.2) is 127 Å². The van der Waals surface area contributed by atoms with Gasteiger partial charge in [-0.25, -0.2) is 9.55 Å². The van der Waals surface area contributed by atoms with E-state index in [2.05, 4.69) is 35.9 Å². The third-order valence-corrected chi connectivity index (χ3v) is 11.5. The predicted octanol–water partition coefficient (Wildman–Crippen LogP) is 1.20. The zero-order valence-electron chi connectivity index (χ0n) is 38.7. The lowest BCUT2D eigenvalue weighted by atomic mass is 10.0. The number of aryl methyl sites for hydroxylation is 1. The van der Waals surface area contributed by atoms with Crippen LogP contribution in [0.15, 0.2) is 72.3 Å². The number of likely N-dealkylation sites (tertiary alicyclic amines) is 1. The van der Waals surface area contributed by atoms with Crippen LogP contribution in [0.2, 0.25) is 0 Å². The monoisotopic (exact) mass is 969 g/mol. The quantitative estimate of drug-likeness (QED) is 0.0220. The lowest BCUT2D eigenvalue weighted by Crippen LogP contribution is -2.61. The van der Waals surface area contributed by atoms with Crippen molar-refractivity contribution < 1.29 is 62.3 Å². The highest BCUT2D eigenvalue weighted by atomic mass is 31.2. The second-order valence-corrected chi connectivity index (χ2v) is 18.0. The first-order valence-electron chi connectivity index (χ1n) is 22.4. The van der Waals surface area contributed by atoms with Gasteiger partial charge in [-0.2, -0.15) is 0 Å². The summed E-state index contributed by atoms with van der Waals surface area (Å²) in [7, 11) is -5.13. The summed E-state index contributed by atoms with van der Waals surface area (Å²) >= 11 is 0. The number of benzene rings is 2. The number of nitrogens with two attached hydrogens (primary N) is 1. The Morgan fingerprint density at radius 3 is 2.24 bits per heavy atom. The number of hydrogen-bond donors (Lipinski definition) is 8. The number of aromatic nitrogens is 2. The van der Waals surface area contributed by atoms with Gasteiger partial charge in [-0.05, 0) is 86.8 Å². The number of rotatable bonds is 28. The number of carbonyl (C=O) groups is 6. The summed E-state index contributed by atoms with van der Waals surface area (Å²) in [6.07, 6.45) is 6.13. The highest BCUT2D eigenvalue weighted by Crippen LogP contribution is 2.38. The minimum atomic E-state index is -5.13. The van der Waals surface area contributed by atoms with Crippen molar-refractivity contribution >= 4 is 49.5 Å². The number of phosphoric ester groups is 1. The first-order valence-corrected chi connectivity index (χ1v) is 23.9. The average molecular weight is 970 g/mol. The molecule has 0 unspecified atom stereocenters. The van der Waals surface area contributed by atoms with Gasteiger partial charge in [0.15, 0.2) is 0 Å². The molecule has 2 heterocycles. The summed E-state index contributed by atoms with van der Waals surface area (Å²) in [6, 6.07) is 10.4. The number of nitrogens with one attached hydrogen (secondary N) is 4. The molecule has 22 nitrogen and oxygen atoms in total. The second-order valence-electron chi connectivity index (χ2n) is 16.8. The van der Waals surface area contributed by atoms with Crippen LogP contribution in [0.5, 0.6) is 5.75 Å². The van der Waals surface area contributed by atoms with E-state index in [1.165, 1.54) is 18.0 Å². The molecule has 4 rings (SSSR count). The fourth-order valence-corrected chi connectivity index (χ4v) is 7.94. The van der Waals surface area contributed by atoms with Crippen LogP contribution in [0, 0.1) is 5.92 Å². The van der Waals surface area contributed by atoms with E-state index in [1.54, 1.807) is 17.1 Å². The molecule has 6 amide bonds. The third-order valence-electron chi connectivity index (χ3n) is 10.9. The molecule has 23 heteroatoms. The van der Waals surface area contributed by atoms with Crippen LogP contribution in [0.1, 0.15) is 83.0 Å². The number of aliphatic hydroxyl groups excluding tert-OH is 1. The Hall–Kier alpha value is -6.19. The van der Waals surface area contributed by atoms with Gasteiger partial charge >= 0.3 is 7.82 Å². The number of primary amides is 1. The van der Waals surface area contributed by atoms with Crippen molar-refractivity contribution in [2.24, 2.45) is 16.8 Å². The van der Waals surface area contributed by atoms with Crippen molar-refractivity contribution in [3.05, 3.63) is 83.9 Å². The molecule has 3 aromatic rings. The fraction of sp³-hybridized carbons (Fsp3) is 0.511. The minimum Gasteiger partial charge on any atom is -0.489 e. The largest absolute Gasteiger partial charge is 0.489 e. The number of oxime groups is 1. The van der Waals surface area contributed by atoms with E-state index in [4.69, 9.17) is 15.3 Å². The number of phosphoric acid groups is 1. The smallest absolute Gasteiger partial charge is 0.469 e. The first kappa shape index (κ1) is 54.4. The Labute approximate surface area is 395 Å². The number of ether oxygens (including phenoxy) is 1. The molecule has 1 fully saturated rings. The number of aliphatic hydroxyl groups is 1. The Morgan fingerprint density at radius 2 is 1.59 bits per heavy atom. The van der Waals surface area contributed by atoms with Crippen molar-refractivity contribution in [1.29, 1.82) is 0 Å². The molecule has 1 aromatic heterocycles. The van der Waals surface area contributed by atoms with Crippen molar-refractivity contribution in [2.75, 3.05) is 19.8 Å². The molecular weight excluding hydrogens is 906 g/mol. The van der Waals surface area contributed by atoms with Crippen molar-refractivity contribution in [3.8, 4) is 5.75 Å². The Bertz CT molecular complexity index is 2200. The molecule has 0 saturated carbocycles. The SMILES string of the molecule is CC(=O)N1CCC[C@H]1C(=O)N[C@@H](CC(C)C)C(=O)N[C@@H](Cc1cncn1CCCCCO/N=C/c1ccc(OCc2ccccc2)cc1)C(=O)N[C@@H](CO)C(=O)N[C@H](C(N)=O)[C@@H](C)OP(=O)(O)O. The predicted molar refractivity (Wildman–Crippen MR) is 247 cm³/mol. The molecule has 9 N–H and O–H groups in total. The molecule has 68 heavy (non-hydrogen) atoms. The molecule has 1 aliphatic rings. The van der Waals surface area contributed by atoms with Gasteiger partial charge in [0.05, 0.1) is 25.3 Å². The minimum absolute atomic E-state index is 0.106. The summed E-state index contributed by atoms with van der Waals surface area (Å²) in [6.45, 7) is 6.77. The summed E-state index contributed by atoms with van der Waals surface area (Å²) in [5, 5.41) is 24.2. The van der Waals surface area contributed by atoms with Crippen LogP contribution in [0.3, 0.4) is 0 Å². The summed E-state index contributed by atoms with van der Waals surface area (Å²) in [5.74, 6) is -4.26. The van der Waals surface area contributed by atoms with Gasteiger partial charge in [0, 0.05) is 38.3 Å². The van der Waals surface area contributed by atoms with E-state index >= 15 is 0 Å². The zero-order valence-corrected chi connectivity index (χ0v) is 39.6. The van der Waals surface area contributed by atoms with E-state index in [1.807, 2.05) is 68.4 Å². The number of carbonyl (C=O) groups excluding carboxylic acids is 6. The third kappa shape index (κ3) is 18.1. The van der Waals surface area contributed by atoms with Gasteiger partial charge in [-0.15, -0.1) is 0 Å². The van der Waals surface area contributed by atoms with E-state index in [9.17, 15) is 48.2 Å². The van der Waals surface area contributed by atoms with Gasteiger partial charge in [-0.1, -0.05) is 49.3 Å². The van der Waals surface area contributed by atoms with Crippen LogP contribution in [0.25, 0.3) is 0 Å². The molecular formula is C45H64N9O13P. The van der Waals surface area contributed by atoms with Gasteiger partial charge in [0.2, 0.25) is 35.4 Å². The molecule has 0 aliphatic carbocycles. The number of amides is 6. The molecule has 6 atom stereocenters. The van der Waals surface area contributed by atoms with Crippen LogP contribution < -0.4 is 31.7 Å². The van der Waals surface area contributed by atoms with Crippen molar-refractivity contribution in [3.63, 3.8) is 0 Å². The van der Waals surface area contributed by atoms with Gasteiger partial charge in [-0.3, -0.25) is 33.3 Å². The molecule has 1 saturated heterocycles. The maximum Gasteiger partial charge on any atom is 0.469 e. The normalized spacial score (nSPS) is 16.1. The van der Waals surface area contributed by atoms with E-state index in [0.29, 0.717) is 57.7 Å². The van der Waals surface area contributed by atoms with Crippen molar-refractivity contribution in [1.82, 2.24) is 35.7 Å². The Kier molecular flexibility index (Phi) is 21.6. The fourth-order valence-electron chi connectivity index (χ4n) is 7.38. The van der Waals surface area contributed by atoms with Gasteiger partial charge in [0.1, 0.15) is 49.2 Å². The average Bonchev–Trinajstić information content (AvgIpc) is 3.97. The van der Waals surface area contributed by atoms with Gasteiger partial charge in [0.25, 0.3) is 0 Å². The van der Waals surface area contributed by atoms with Crippen LogP contribution in [0.4, 0.5) is 0 Å². The number of imidazole rings is 1. The second kappa shape index (κ2) is 27.0. The molecule has 0 bridgehead atoms. The molecule has 0 radical (unpaired) electrons. The number of hydrogen-bond acceptors (Lipinski definition) is 13. The highest BCUT2D eigenvalue weighted by molar-refractivity contribution is 7.46. The molecule has 0 spiro atoms. The summed E-state index contributed by atoms with van der Waals surface area (Å²) in [5.41, 5.74) is 7.78. The number of unbranched alkanes of at least 4 members (excludes halogenated alkanes) is 2. The van der Waals surface area contributed by atoms with Crippen molar-refractivity contribution in [2.45, 2.75) is 122 Å². The maximum absolute atomic E-state index is 14.1. The zero-order chi connectivity index (χ0) is 49.8. The molecule has 2 aromatic carbocycles. The first-order chi connectivity index (χ1) is 32.3. The molecule has 1 aliphatic heterocycles. The maximum atomic E-state index is 14.1. The van der Waals surface area contributed by atoms with E-state index in [0.717, 1.165) is 30.2 Å². The number of nitrogens with zero attached hydrogens (tertiary/aromatic N) is 4. The van der Waals surface area contributed by atoms with Crippen LogP contribution >= 0.6 is 7.82 Å². The standard InChI is InChI=1S/C45H64N9O13P/c1-29(2)22-36(50-45(61)39-14-11-20-54(39)31(4)56)42(58)49-37(43(59)51-38(26-55)44(60)52-40(41(46)57)30(3)67-68(62,63)64)23-34-25-47-28-53(34)19-9-6-10-21-66-48-24-32-15-17-35(18-16-32)65-27-33-12-7-5-8-13-33/h5,7-8,12-13,15-18,24-25,28-30,36-40,55H,6,9-11,14,19-23,26-27H2,1-4H3,(H2,46,57)(H,49,58)(H,50,61)(H,51,59)(H,52,60)(H2,62,63,64)/b48-24+/t30-,36+,37+,38+,39+,40+/m1/s1. The van der Waals surface area contributed by atoms with E-state index < -0.39 is 80.3 Å². The molecule has 372 valence electrons. The highest BCUT2D eigenvalue weighted by Gasteiger charge is 2.37. The lowest BCUT2D eigenvalue weighted by Gasteiger charge is -2.28. The Balaban J connectivity index is 1.40. The van der Waals surface area contributed by atoms with E-state index in [-0.39, 0.29) is 24.7 Å². The summed E-state index contributed by atoms with van der Waals surface area (Å²) < 4.78 is 23.5. The van der Waals surface area contributed by atoms with Gasteiger partial charge < -0.3 is 60.9 Å². The topological polar surface area (TPSA) is 315 Å². The summed E-state index contributed by atoms with van der Waals surface area (Å²) in [4.78, 5) is 109. The Morgan fingerprint density at radius 1 is 0.912 bits per heavy atom. The lowest BCUT2D eigenvalue weighted by molar-refractivity contribution is -0.139. The van der Waals surface area contributed by atoms with Crippen LogP contribution in [-0.2, 0) is 62.3 Å².